The van der Waals surface area contributed by atoms with E-state index >= 15 is 0 Å². The molecular formula is C13H12ClF2N3O. The maximum atomic E-state index is 12.8. The van der Waals surface area contributed by atoms with Gasteiger partial charge in [-0.15, -0.1) is 11.6 Å². The number of aromatic nitrogens is 2. The molecule has 0 aliphatic heterocycles. The van der Waals surface area contributed by atoms with Gasteiger partial charge in [-0.25, -0.2) is 8.78 Å². The van der Waals surface area contributed by atoms with E-state index in [-0.39, 0.29) is 5.56 Å². The maximum absolute atomic E-state index is 12.8. The Labute approximate surface area is 119 Å². The van der Waals surface area contributed by atoms with Crippen LogP contribution in [0.1, 0.15) is 28.0 Å². The predicted octanol–water partition coefficient (Wildman–Crippen LogP) is 3.35. The fourth-order valence-electron chi connectivity index (χ4n) is 1.77. The summed E-state index contributed by atoms with van der Waals surface area (Å²) in [6, 6.07) is 6.87. The number of halogens is 3. The number of nitrogens with zero attached hydrogens (tertiary/aromatic N) is 2. The van der Waals surface area contributed by atoms with Gasteiger partial charge in [0.15, 0.2) is 0 Å². The van der Waals surface area contributed by atoms with E-state index in [4.69, 9.17) is 11.6 Å². The summed E-state index contributed by atoms with van der Waals surface area (Å²) in [6.45, 7) is 0. The van der Waals surface area contributed by atoms with Crippen molar-refractivity contribution in [1.82, 2.24) is 9.78 Å². The van der Waals surface area contributed by atoms with E-state index < -0.39 is 18.0 Å². The molecule has 0 aliphatic rings. The first-order valence-corrected chi connectivity index (χ1v) is 6.32. The Morgan fingerprint density at radius 2 is 2.25 bits per heavy atom. The lowest BCUT2D eigenvalue weighted by atomic mass is 10.2. The Balaban J connectivity index is 2.23. The van der Waals surface area contributed by atoms with Crippen LogP contribution >= 0.6 is 11.6 Å². The van der Waals surface area contributed by atoms with E-state index in [0.717, 1.165) is 5.56 Å². The molecule has 106 valence electrons. The van der Waals surface area contributed by atoms with Crippen LogP contribution in [0.3, 0.4) is 0 Å². The Kier molecular flexibility index (Phi) is 4.34. The average molecular weight is 300 g/mol. The molecule has 2 aromatic rings. The van der Waals surface area contributed by atoms with Crippen LogP contribution in [0.15, 0.2) is 30.5 Å². The number of hydrogen-bond donors (Lipinski definition) is 1. The average Bonchev–Trinajstić information content (AvgIpc) is 2.81. The molecule has 1 aromatic heterocycles. The van der Waals surface area contributed by atoms with Crippen molar-refractivity contribution in [2.75, 3.05) is 5.32 Å². The van der Waals surface area contributed by atoms with Crippen molar-refractivity contribution in [3.8, 4) is 0 Å². The zero-order valence-electron chi connectivity index (χ0n) is 10.6. The minimum Gasteiger partial charge on any atom is -0.322 e. The van der Waals surface area contributed by atoms with Crippen molar-refractivity contribution in [2.45, 2.75) is 12.3 Å². The number of anilines is 1. The Bertz CT molecular complexity index is 628. The molecule has 1 amide bonds. The summed E-state index contributed by atoms with van der Waals surface area (Å²) in [5.74, 6) is -0.320. The highest BCUT2D eigenvalue weighted by Gasteiger charge is 2.22. The van der Waals surface area contributed by atoms with E-state index in [1.807, 2.05) is 0 Å². The van der Waals surface area contributed by atoms with Gasteiger partial charge in [-0.05, 0) is 17.7 Å². The van der Waals surface area contributed by atoms with Crippen molar-refractivity contribution in [2.24, 2.45) is 7.05 Å². The van der Waals surface area contributed by atoms with Crippen LogP contribution in [-0.2, 0) is 12.9 Å². The molecule has 20 heavy (non-hydrogen) atoms. The summed E-state index contributed by atoms with van der Waals surface area (Å²) in [6.07, 6.45) is -1.53. The van der Waals surface area contributed by atoms with Gasteiger partial charge in [-0.1, -0.05) is 12.1 Å². The summed E-state index contributed by atoms with van der Waals surface area (Å²) in [7, 11) is 1.48. The summed E-state index contributed by atoms with van der Waals surface area (Å²) in [5.41, 5.74) is 0.652. The molecule has 4 nitrogen and oxygen atoms in total. The second-order valence-corrected chi connectivity index (χ2v) is 4.46. The van der Waals surface area contributed by atoms with Gasteiger partial charge < -0.3 is 5.32 Å². The molecule has 2 rings (SSSR count). The van der Waals surface area contributed by atoms with Crippen LogP contribution in [0.2, 0.25) is 0 Å². The number of amides is 1. The highest BCUT2D eigenvalue weighted by Crippen LogP contribution is 2.22. The van der Waals surface area contributed by atoms with Gasteiger partial charge in [-0.3, -0.25) is 9.48 Å². The van der Waals surface area contributed by atoms with Gasteiger partial charge in [0.1, 0.15) is 5.69 Å². The molecule has 0 fully saturated rings. The summed E-state index contributed by atoms with van der Waals surface area (Å²) < 4.78 is 26.8. The quantitative estimate of drug-likeness (QED) is 0.880. The third kappa shape index (κ3) is 3.14. The first-order valence-electron chi connectivity index (χ1n) is 5.79. The third-order valence-electron chi connectivity index (χ3n) is 2.65. The van der Waals surface area contributed by atoms with Crippen molar-refractivity contribution < 1.29 is 13.6 Å². The van der Waals surface area contributed by atoms with Gasteiger partial charge in [-0.2, -0.15) is 5.10 Å². The number of nitrogens with one attached hydrogen (secondary N) is 1. The molecule has 1 N–H and O–H groups in total. The van der Waals surface area contributed by atoms with Gasteiger partial charge in [0.05, 0.1) is 5.56 Å². The number of rotatable bonds is 4. The minimum atomic E-state index is -2.80. The summed E-state index contributed by atoms with van der Waals surface area (Å²) in [4.78, 5) is 12.0. The minimum absolute atomic E-state index is 0.140. The number of carbonyl (C=O) groups is 1. The molecule has 1 heterocycles. The first-order chi connectivity index (χ1) is 9.51. The number of aryl methyl sites for hydroxylation is 1. The number of benzene rings is 1. The number of alkyl halides is 3. The molecule has 0 atom stereocenters. The van der Waals surface area contributed by atoms with Crippen LogP contribution < -0.4 is 5.32 Å². The van der Waals surface area contributed by atoms with Crippen LogP contribution in [0, 0.1) is 0 Å². The molecule has 1 aromatic carbocycles. The van der Waals surface area contributed by atoms with E-state index in [1.54, 1.807) is 24.3 Å². The number of hydrogen-bond acceptors (Lipinski definition) is 2. The number of carbonyl (C=O) groups excluding carboxylic acids is 1. The lowest BCUT2D eigenvalue weighted by Gasteiger charge is -2.06. The van der Waals surface area contributed by atoms with E-state index in [2.05, 4.69) is 10.4 Å². The maximum Gasteiger partial charge on any atom is 0.282 e. The molecular weight excluding hydrogens is 288 g/mol. The normalized spacial score (nSPS) is 10.8. The molecule has 0 spiro atoms. The lowest BCUT2D eigenvalue weighted by molar-refractivity contribution is 0.101. The van der Waals surface area contributed by atoms with Gasteiger partial charge >= 0.3 is 0 Å². The first kappa shape index (κ1) is 14.5. The zero-order chi connectivity index (χ0) is 14.7. The Morgan fingerprint density at radius 3 is 2.90 bits per heavy atom. The lowest BCUT2D eigenvalue weighted by Crippen LogP contribution is -2.13. The standard InChI is InChI=1S/C13H12ClF2N3O/c1-19-7-10(11(18-19)12(15)16)13(20)17-9-4-2-3-8(5-9)6-14/h2-5,7,12H,6H2,1H3,(H,17,20). The van der Waals surface area contributed by atoms with Crippen LogP contribution in [0.5, 0.6) is 0 Å². The molecule has 7 heteroatoms. The van der Waals surface area contributed by atoms with Crippen LogP contribution in [-0.4, -0.2) is 15.7 Å². The molecule has 0 aliphatic carbocycles. The fraction of sp³-hybridized carbons (Fsp3) is 0.231. The van der Waals surface area contributed by atoms with E-state index in [9.17, 15) is 13.6 Å². The molecule has 0 unspecified atom stereocenters. The van der Waals surface area contributed by atoms with Crippen molar-refractivity contribution in [1.29, 1.82) is 0 Å². The molecule has 0 bridgehead atoms. The van der Waals surface area contributed by atoms with Crippen LogP contribution in [0.25, 0.3) is 0 Å². The molecule has 0 saturated carbocycles. The summed E-state index contributed by atoms with van der Waals surface area (Å²) in [5, 5.41) is 6.15. The van der Waals surface area contributed by atoms with Crippen molar-refractivity contribution in [3.05, 3.63) is 47.3 Å². The Morgan fingerprint density at radius 1 is 1.50 bits per heavy atom. The van der Waals surface area contributed by atoms with Gasteiger partial charge in [0.25, 0.3) is 12.3 Å². The highest BCUT2D eigenvalue weighted by molar-refractivity contribution is 6.17. The van der Waals surface area contributed by atoms with Crippen LogP contribution in [0.4, 0.5) is 14.5 Å². The Hall–Kier alpha value is -1.95. The molecule has 0 radical (unpaired) electrons. The van der Waals surface area contributed by atoms with Gasteiger partial charge in [0.2, 0.25) is 0 Å². The van der Waals surface area contributed by atoms with E-state index in [1.165, 1.54) is 17.9 Å². The third-order valence-corrected chi connectivity index (χ3v) is 2.96. The highest BCUT2D eigenvalue weighted by atomic mass is 35.5. The second kappa shape index (κ2) is 6.00. The fourth-order valence-corrected chi connectivity index (χ4v) is 1.94. The monoisotopic (exact) mass is 299 g/mol. The predicted molar refractivity (Wildman–Crippen MR) is 72.1 cm³/mol. The second-order valence-electron chi connectivity index (χ2n) is 4.19. The topological polar surface area (TPSA) is 46.9 Å². The van der Waals surface area contributed by atoms with Crippen molar-refractivity contribution >= 4 is 23.2 Å². The molecule has 0 saturated heterocycles. The van der Waals surface area contributed by atoms with E-state index in [0.29, 0.717) is 11.6 Å². The van der Waals surface area contributed by atoms with Gasteiger partial charge in [0, 0.05) is 24.8 Å². The summed E-state index contributed by atoms with van der Waals surface area (Å²) >= 11 is 5.70. The smallest absolute Gasteiger partial charge is 0.282 e. The SMILES string of the molecule is Cn1cc(C(=O)Nc2cccc(CCl)c2)c(C(F)F)n1. The zero-order valence-corrected chi connectivity index (χ0v) is 11.4. The van der Waals surface area contributed by atoms with Crippen molar-refractivity contribution in [3.63, 3.8) is 0 Å². The largest absolute Gasteiger partial charge is 0.322 e.